The molecular weight excluding hydrogens is 262 g/mol. The molecule has 0 aliphatic rings. The van der Waals surface area contributed by atoms with E-state index in [1.807, 2.05) is 0 Å². The average molecular weight is 284 g/mol. The fourth-order valence-electron chi connectivity index (χ4n) is 2.03. The molecule has 3 nitrogen and oxygen atoms in total. The average Bonchev–Trinajstić information content (AvgIpc) is 2.42. The fraction of sp³-hybridized carbons (Fsp3) is 0.533. The zero-order chi connectivity index (χ0) is 15.1. The predicted octanol–water partition coefficient (Wildman–Crippen LogP) is 3.49. The Morgan fingerprint density at radius 1 is 1.30 bits per heavy atom. The lowest BCUT2D eigenvalue weighted by Gasteiger charge is -2.15. The lowest BCUT2D eigenvalue weighted by atomic mass is 9.99. The molecule has 5 heteroatoms. The van der Waals surface area contributed by atoms with Crippen molar-refractivity contribution in [2.24, 2.45) is 5.92 Å². The molecule has 0 saturated heterocycles. The SMILES string of the molecule is CCCCC(CC)CNC(=O)c1cc(F)c(F)cc1N. The van der Waals surface area contributed by atoms with E-state index in [1.165, 1.54) is 0 Å². The summed E-state index contributed by atoms with van der Waals surface area (Å²) in [5.41, 5.74) is 5.47. The summed E-state index contributed by atoms with van der Waals surface area (Å²) in [5.74, 6) is -2.18. The highest BCUT2D eigenvalue weighted by Gasteiger charge is 2.15. The first kappa shape index (κ1) is 16.4. The van der Waals surface area contributed by atoms with E-state index in [2.05, 4.69) is 19.2 Å². The molecule has 0 spiro atoms. The Hall–Kier alpha value is -1.65. The number of carbonyl (C=O) groups is 1. The van der Waals surface area contributed by atoms with Crippen molar-refractivity contribution < 1.29 is 13.6 Å². The predicted molar refractivity (Wildman–Crippen MR) is 76.4 cm³/mol. The number of hydrogen-bond acceptors (Lipinski definition) is 2. The van der Waals surface area contributed by atoms with Crippen LogP contribution in [0.25, 0.3) is 0 Å². The van der Waals surface area contributed by atoms with Crippen LogP contribution >= 0.6 is 0 Å². The number of nitrogens with one attached hydrogen (secondary N) is 1. The fourth-order valence-corrected chi connectivity index (χ4v) is 2.03. The minimum absolute atomic E-state index is 0.0192. The van der Waals surface area contributed by atoms with Gasteiger partial charge < -0.3 is 11.1 Å². The number of rotatable bonds is 7. The van der Waals surface area contributed by atoms with Crippen molar-refractivity contribution in [1.82, 2.24) is 5.32 Å². The van der Waals surface area contributed by atoms with Crippen molar-refractivity contribution in [1.29, 1.82) is 0 Å². The van der Waals surface area contributed by atoms with E-state index in [4.69, 9.17) is 5.73 Å². The lowest BCUT2D eigenvalue weighted by molar-refractivity contribution is 0.0946. The molecule has 1 atom stereocenters. The second-order valence-corrected chi connectivity index (χ2v) is 4.98. The number of carbonyl (C=O) groups excluding carboxylic acids is 1. The number of unbranched alkanes of at least 4 members (excludes halogenated alkanes) is 1. The molecule has 0 heterocycles. The summed E-state index contributed by atoms with van der Waals surface area (Å²) >= 11 is 0. The number of anilines is 1. The Morgan fingerprint density at radius 2 is 1.95 bits per heavy atom. The summed E-state index contributed by atoms with van der Waals surface area (Å²) < 4.78 is 26.1. The van der Waals surface area contributed by atoms with Gasteiger partial charge in [-0.15, -0.1) is 0 Å². The molecule has 0 aliphatic carbocycles. The monoisotopic (exact) mass is 284 g/mol. The molecule has 3 N–H and O–H groups in total. The third-order valence-electron chi connectivity index (χ3n) is 3.43. The van der Waals surface area contributed by atoms with E-state index in [1.54, 1.807) is 0 Å². The Labute approximate surface area is 118 Å². The van der Waals surface area contributed by atoms with E-state index in [0.717, 1.165) is 37.8 Å². The summed E-state index contributed by atoms with van der Waals surface area (Å²) in [5, 5.41) is 2.74. The van der Waals surface area contributed by atoms with Crippen LogP contribution in [0.15, 0.2) is 12.1 Å². The molecule has 1 rings (SSSR count). The third kappa shape index (κ3) is 4.47. The maximum atomic E-state index is 13.1. The van der Waals surface area contributed by atoms with Crippen LogP contribution in [0.5, 0.6) is 0 Å². The van der Waals surface area contributed by atoms with Gasteiger partial charge in [-0.1, -0.05) is 33.1 Å². The number of amides is 1. The van der Waals surface area contributed by atoms with Crippen molar-refractivity contribution in [3.8, 4) is 0 Å². The summed E-state index contributed by atoms with van der Waals surface area (Å²) in [6.45, 7) is 4.71. The number of hydrogen-bond donors (Lipinski definition) is 2. The molecule has 0 radical (unpaired) electrons. The molecule has 112 valence electrons. The first-order valence-electron chi connectivity index (χ1n) is 7.02. The first-order valence-corrected chi connectivity index (χ1v) is 7.02. The Balaban J connectivity index is 2.65. The van der Waals surface area contributed by atoms with Crippen molar-refractivity contribution >= 4 is 11.6 Å². The molecule has 0 aromatic heterocycles. The molecule has 1 aromatic carbocycles. The maximum Gasteiger partial charge on any atom is 0.253 e. The highest BCUT2D eigenvalue weighted by Crippen LogP contribution is 2.17. The zero-order valence-electron chi connectivity index (χ0n) is 12.0. The van der Waals surface area contributed by atoms with Gasteiger partial charge in [0.25, 0.3) is 5.91 Å². The van der Waals surface area contributed by atoms with Gasteiger partial charge >= 0.3 is 0 Å². The summed E-state index contributed by atoms with van der Waals surface area (Å²) in [4.78, 5) is 11.9. The maximum absolute atomic E-state index is 13.1. The highest BCUT2D eigenvalue weighted by atomic mass is 19.2. The van der Waals surface area contributed by atoms with Crippen LogP contribution in [-0.4, -0.2) is 12.5 Å². The molecule has 20 heavy (non-hydrogen) atoms. The summed E-state index contributed by atoms with van der Waals surface area (Å²) in [6.07, 6.45) is 4.23. The first-order chi connectivity index (χ1) is 9.49. The summed E-state index contributed by atoms with van der Waals surface area (Å²) in [6, 6.07) is 1.67. The van der Waals surface area contributed by atoms with Gasteiger partial charge in [-0.3, -0.25) is 4.79 Å². The van der Waals surface area contributed by atoms with Gasteiger partial charge in [-0.05, 0) is 18.4 Å². The molecule has 1 unspecified atom stereocenters. The zero-order valence-corrected chi connectivity index (χ0v) is 12.0. The lowest BCUT2D eigenvalue weighted by Crippen LogP contribution is -2.30. The molecule has 0 bridgehead atoms. The van der Waals surface area contributed by atoms with Crippen molar-refractivity contribution in [3.63, 3.8) is 0 Å². The van der Waals surface area contributed by atoms with E-state index in [9.17, 15) is 13.6 Å². The van der Waals surface area contributed by atoms with Crippen LogP contribution in [0.1, 0.15) is 49.9 Å². The van der Waals surface area contributed by atoms with Crippen molar-refractivity contribution in [3.05, 3.63) is 29.3 Å². The van der Waals surface area contributed by atoms with Crippen molar-refractivity contribution in [2.45, 2.75) is 39.5 Å². The van der Waals surface area contributed by atoms with Crippen LogP contribution < -0.4 is 11.1 Å². The van der Waals surface area contributed by atoms with Crippen LogP contribution in [0.2, 0.25) is 0 Å². The standard InChI is InChI=1S/C15H22F2N2O/c1-3-5-6-10(4-2)9-19-15(20)11-7-12(16)13(17)8-14(11)18/h7-8,10H,3-6,9,18H2,1-2H3,(H,19,20). The van der Waals surface area contributed by atoms with E-state index in [0.29, 0.717) is 12.5 Å². The topological polar surface area (TPSA) is 55.1 Å². The van der Waals surface area contributed by atoms with Gasteiger partial charge in [0.05, 0.1) is 5.56 Å². The molecule has 1 aromatic rings. The number of benzene rings is 1. The minimum Gasteiger partial charge on any atom is -0.398 e. The van der Waals surface area contributed by atoms with E-state index in [-0.39, 0.29) is 11.3 Å². The molecule has 0 fully saturated rings. The number of halogens is 2. The van der Waals surface area contributed by atoms with Gasteiger partial charge in [0.15, 0.2) is 11.6 Å². The third-order valence-corrected chi connectivity index (χ3v) is 3.43. The molecule has 0 aliphatic heterocycles. The second kappa shape index (κ2) is 7.82. The molecular formula is C15H22F2N2O. The Kier molecular flexibility index (Phi) is 6.42. The van der Waals surface area contributed by atoms with Crippen LogP contribution in [-0.2, 0) is 0 Å². The van der Waals surface area contributed by atoms with Gasteiger partial charge in [-0.2, -0.15) is 0 Å². The van der Waals surface area contributed by atoms with E-state index < -0.39 is 17.5 Å². The smallest absolute Gasteiger partial charge is 0.253 e. The largest absolute Gasteiger partial charge is 0.398 e. The van der Waals surface area contributed by atoms with Gasteiger partial charge in [-0.25, -0.2) is 8.78 Å². The Morgan fingerprint density at radius 3 is 2.55 bits per heavy atom. The van der Waals surface area contributed by atoms with Gasteiger partial charge in [0.2, 0.25) is 0 Å². The van der Waals surface area contributed by atoms with Crippen LogP contribution in [0.3, 0.4) is 0 Å². The second-order valence-electron chi connectivity index (χ2n) is 4.98. The number of nitrogen functional groups attached to an aromatic ring is 1. The molecule has 1 amide bonds. The van der Waals surface area contributed by atoms with Gasteiger partial charge in [0.1, 0.15) is 0 Å². The summed E-state index contributed by atoms with van der Waals surface area (Å²) in [7, 11) is 0. The van der Waals surface area contributed by atoms with Crippen LogP contribution in [0, 0.1) is 17.6 Å². The molecule has 0 saturated carbocycles. The van der Waals surface area contributed by atoms with Gasteiger partial charge in [0, 0.05) is 18.3 Å². The number of nitrogens with two attached hydrogens (primary N) is 1. The minimum atomic E-state index is -1.07. The quantitative estimate of drug-likeness (QED) is 0.753. The Bertz CT molecular complexity index is 463. The normalized spacial score (nSPS) is 12.2. The highest BCUT2D eigenvalue weighted by molar-refractivity contribution is 5.99. The van der Waals surface area contributed by atoms with Crippen molar-refractivity contribution in [2.75, 3.05) is 12.3 Å². The van der Waals surface area contributed by atoms with Crippen LogP contribution in [0.4, 0.5) is 14.5 Å². The van der Waals surface area contributed by atoms with E-state index >= 15 is 0 Å².